The fraction of sp³-hybridized carbons (Fsp3) is 0.294. The van der Waals surface area contributed by atoms with Crippen molar-refractivity contribution >= 4 is 11.7 Å². The molecule has 0 atom stereocenters. The standard InChI is InChI=1S/C17H17FN6O/c18-14-4-2-13(3-5-14)12-22-8-10-23(11-9-22)16(25)15-20-17-19-6-1-7-24(17)21-15/h1-7H,8-12H2. The average Bonchev–Trinajstić information content (AvgIpc) is 3.08. The number of aromatic nitrogens is 4. The van der Waals surface area contributed by atoms with Gasteiger partial charge in [-0.2, -0.15) is 4.98 Å². The van der Waals surface area contributed by atoms with Crippen molar-refractivity contribution in [2.24, 2.45) is 0 Å². The van der Waals surface area contributed by atoms with E-state index < -0.39 is 0 Å². The minimum absolute atomic E-state index is 0.172. The van der Waals surface area contributed by atoms with Gasteiger partial charge in [0.15, 0.2) is 0 Å². The smallest absolute Gasteiger partial charge is 0.293 e. The molecule has 4 rings (SSSR count). The van der Waals surface area contributed by atoms with Gasteiger partial charge in [0.2, 0.25) is 5.82 Å². The zero-order valence-corrected chi connectivity index (χ0v) is 13.5. The van der Waals surface area contributed by atoms with Gasteiger partial charge in [-0.25, -0.2) is 13.9 Å². The lowest BCUT2D eigenvalue weighted by molar-refractivity contribution is 0.0616. The molecule has 1 aromatic carbocycles. The molecule has 1 amide bonds. The molecule has 0 bridgehead atoms. The lowest BCUT2D eigenvalue weighted by Crippen LogP contribution is -2.48. The molecular weight excluding hydrogens is 323 g/mol. The zero-order valence-electron chi connectivity index (χ0n) is 13.5. The Kier molecular flexibility index (Phi) is 4.10. The molecule has 0 unspecified atom stereocenters. The molecular formula is C17H17FN6O. The molecule has 0 N–H and O–H groups in total. The summed E-state index contributed by atoms with van der Waals surface area (Å²) in [6.45, 7) is 3.49. The molecule has 1 aliphatic heterocycles. The maximum absolute atomic E-state index is 13.0. The molecule has 3 aromatic rings. The number of carbonyl (C=O) groups is 1. The number of benzene rings is 1. The molecule has 0 saturated carbocycles. The summed E-state index contributed by atoms with van der Waals surface area (Å²) in [4.78, 5) is 24.8. The second-order valence-corrected chi connectivity index (χ2v) is 5.99. The van der Waals surface area contributed by atoms with Crippen molar-refractivity contribution in [2.75, 3.05) is 26.2 Å². The van der Waals surface area contributed by atoms with E-state index in [1.54, 1.807) is 35.5 Å². The first-order valence-electron chi connectivity index (χ1n) is 8.12. The molecule has 1 fully saturated rings. The Hall–Kier alpha value is -2.87. The summed E-state index contributed by atoms with van der Waals surface area (Å²) in [5, 5.41) is 4.19. The van der Waals surface area contributed by atoms with Crippen molar-refractivity contribution in [1.29, 1.82) is 0 Å². The van der Waals surface area contributed by atoms with Gasteiger partial charge in [-0.05, 0) is 23.8 Å². The monoisotopic (exact) mass is 340 g/mol. The molecule has 0 aliphatic carbocycles. The van der Waals surface area contributed by atoms with Gasteiger partial charge in [0, 0.05) is 45.1 Å². The van der Waals surface area contributed by atoms with E-state index in [1.165, 1.54) is 16.6 Å². The Bertz CT molecular complexity index is 853. The number of hydrogen-bond donors (Lipinski definition) is 0. The Morgan fingerprint density at radius 2 is 1.88 bits per heavy atom. The molecule has 0 radical (unpaired) electrons. The molecule has 3 heterocycles. The van der Waals surface area contributed by atoms with Crippen molar-refractivity contribution < 1.29 is 9.18 Å². The highest BCUT2D eigenvalue weighted by Crippen LogP contribution is 2.11. The quantitative estimate of drug-likeness (QED) is 0.717. The van der Waals surface area contributed by atoms with Crippen molar-refractivity contribution in [1.82, 2.24) is 29.4 Å². The fourth-order valence-corrected chi connectivity index (χ4v) is 2.92. The zero-order chi connectivity index (χ0) is 17.2. The van der Waals surface area contributed by atoms with Crippen molar-refractivity contribution in [2.45, 2.75) is 6.54 Å². The van der Waals surface area contributed by atoms with E-state index >= 15 is 0 Å². The van der Waals surface area contributed by atoms with Crippen LogP contribution in [0.15, 0.2) is 42.7 Å². The normalized spacial score (nSPS) is 15.6. The second-order valence-electron chi connectivity index (χ2n) is 5.99. The highest BCUT2D eigenvalue weighted by molar-refractivity contribution is 5.90. The van der Waals surface area contributed by atoms with Crippen LogP contribution < -0.4 is 0 Å². The van der Waals surface area contributed by atoms with Gasteiger partial charge in [0.25, 0.3) is 11.7 Å². The lowest BCUT2D eigenvalue weighted by atomic mass is 10.2. The fourth-order valence-electron chi connectivity index (χ4n) is 2.92. The van der Waals surface area contributed by atoms with Gasteiger partial charge >= 0.3 is 0 Å². The highest BCUT2D eigenvalue weighted by atomic mass is 19.1. The third-order valence-electron chi connectivity index (χ3n) is 4.29. The van der Waals surface area contributed by atoms with Crippen LogP contribution in [0.1, 0.15) is 16.2 Å². The summed E-state index contributed by atoms with van der Waals surface area (Å²) in [7, 11) is 0. The minimum atomic E-state index is -0.228. The van der Waals surface area contributed by atoms with Crippen LogP contribution in [0.25, 0.3) is 5.78 Å². The number of piperazine rings is 1. The predicted molar refractivity (Wildman–Crippen MR) is 88.4 cm³/mol. The van der Waals surface area contributed by atoms with E-state index in [1.807, 2.05) is 0 Å². The van der Waals surface area contributed by atoms with Crippen molar-refractivity contribution in [3.05, 3.63) is 59.9 Å². The van der Waals surface area contributed by atoms with Gasteiger partial charge < -0.3 is 4.90 Å². The summed E-state index contributed by atoms with van der Waals surface area (Å²) in [5.74, 6) is 0.187. The summed E-state index contributed by atoms with van der Waals surface area (Å²) in [5.41, 5.74) is 1.06. The van der Waals surface area contributed by atoms with Gasteiger partial charge in [-0.1, -0.05) is 12.1 Å². The van der Waals surface area contributed by atoms with Crippen LogP contribution in [0, 0.1) is 5.82 Å². The van der Waals surface area contributed by atoms with Crippen LogP contribution in [0.2, 0.25) is 0 Å². The molecule has 128 valence electrons. The molecule has 8 heteroatoms. The van der Waals surface area contributed by atoms with E-state index in [0.29, 0.717) is 18.9 Å². The Morgan fingerprint density at radius 3 is 2.60 bits per heavy atom. The third kappa shape index (κ3) is 3.34. The maximum Gasteiger partial charge on any atom is 0.293 e. The first-order chi connectivity index (χ1) is 12.2. The number of amides is 1. The third-order valence-corrected chi connectivity index (χ3v) is 4.29. The number of rotatable bonds is 3. The Balaban J connectivity index is 1.37. The van der Waals surface area contributed by atoms with E-state index in [-0.39, 0.29) is 17.5 Å². The average molecular weight is 340 g/mol. The Labute approximate surface area is 143 Å². The van der Waals surface area contributed by atoms with Gasteiger partial charge in [-0.3, -0.25) is 9.69 Å². The molecule has 25 heavy (non-hydrogen) atoms. The number of carbonyl (C=O) groups excluding carboxylic acids is 1. The van der Waals surface area contributed by atoms with E-state index in [2.05, 4.69) is 20.0 Å². The molecule has 2 aromatic heterocycles. The van der Waals surface area contributed by atoms with Crippen LogP contribution in [-0.2, 0) is 6.54 Å². The molecule has 1 saturated heterocycles. The van der Waals surface area contributed by atoms with Crippen molar-refractivity contribution in [3.63, 3.8) is 0 Å². The van der Waals surface area contributed by atoms with Crippen LogP contribution in [0.3, 0.4) is 0 Å². The maximum atomic E-state index is 13.0. The first kappa shape index (κ1) is 15.6. The number of fused-ring (bicyclic) bond motifs is 1. The van der Waals surface area contributed by atoms with Crippen LogP contribution in [0.5, 0.6) is 0 Å². The van der Waals surface area contributed by atoms with Gasteiger partial charge in [0.1, 0.15) is 5.82 Å². The Morgan fingerprint density at radius 1 is 1.12 bits per heavy atom. The van der Waals surface area contributed by atoms with Crippen LogP contribution >= 0.6 is 0 Å². The largest absolute Gasteiger partial charge is 0.333 e. The second kappa shape index (κ2) is 6.56. The number of hydrogen-bond acceptors (Lipinski definition) is 5. The topological polar surface area (TPSA) is 66.6 Å². The summed E-state index contributed by atoms with van der Waals surface area (Å²) in [6.07, 6.45) is 3.33. The summed E-state index contributed by atoms with van der Waals surface area (Å²) < 4.78 is 14.5. The minimum Gasteiger partial charge on any atom is -0.333 e. The van der Waals surface area contributed by atoms with Crippen molar-refractivity contribution in [3.8, 4) is 0 Å². The number of nitrogens with zero attached hydrogens (tertiary/aromatic N) is 6. The predicted octanol–water partition coefficient (Wildman–Crippen LogP) is 1.22. The van der Waals surface area contributed by atoms with Crippen LogP contribution in [0.4, 0.5) is 4.39 Å². The highest BCUT2D eigenvalue weighted by Gasteiger charge is 2.25. The first-order valence-corrected chi connectivity index (χ1v) is 8.12. The van der Waals surface area contributed by atoms with Crippen LogP contribution in [-0.4, -0.2) is 61.5 Å². The van der Waals surface area contributed by atoms with E-state index in [0.717, 1.165) is 25.2 Å². The number of halogens is 1. The summed E-state index contributed by atoms with van der Waals surface area (Å²) >= 11 is 0. The van der Waals surface area contributed by atoms with Gasteiger partial charge in [0.05, 0.1) is 0 Å². The van der Waals surface area contributed by atoms with Gasteiger partial charge in [-0.15, -0.1) is 5.10 Å². The van der Waals surface area contributed by atoms with E-state index in [9.17, 15) is 9.18 Å². The summed E-state index contributed by atoms with van der Waals surface area (Å²) in [6, 6.07) is 8.27. The van der Waals surface area contributed by atoms with E-state index in [4.69, 9.17) is 0 Å². The lowest BCUT2D eigenvalue weighted by Gasteiger charge is -2.34. The SMILES string of the molecule is O=C(c1nc2ncccn2n1)N1CCN(Cc2ccc(F)cc2)CC1. The molecule has 0 spiro atoms. The molecule has 1 aliphatic rings. The molecule has 7 nitrogen and oxygen atoms in total.